The minimum absolute atomic E-state index is 0.350. The highest BCUT2D eigenvalue weighted by molar-refractivity contribution is 7.80. The van der Waals surface area contributed by atoms with Gasteiger partial charge in [0, 0.05) is 18.0 Å². The maximum Gasteiger partial charge on any atom is 0.130 e. The topological polar surface area (TPSA) is 63.8 Å². The number of hydrogen-bond donors (Lipinski definition) is 2. The zero-order valence-corrected chi connectivity index (χ0v) is 11.1. The van der Waals surface area contributed by atoms with Crippen molar-refractivity contribution in [2.75, 3.05) is 5.32 Å². The smallest absolute Gasteiger partial charge is 0.130 e. The van der Waals surface area contributed by atoms with Crippen LogP contribution >= 0.6 is 12.2 Å². The molecule has 0 fully saturated rings. The lowest BCUT2D eigenvalue weighted by Crippen LogP contribution is -2.09. The van der Waals surface area contributed by atoms with Crippen LogP contribution in [0, 0.1) is 13.8 Å². The molecule has 0 atom stereocenters. The molecule has 0 bridgehead atoms. The van der Waals surface area contributed by atoms with Crippen LogP contribution < -0.4 is 11.1 Å². The lowest BCUT2D eigenvalue weighted by molar-refractivity contribution is 1.17. The van der Waals surface area contributed by atoms with Gasteiger partial charge in [0.1, 0.15) is 10.8 Å². The predicted molar refractivity (Wildman–Crippen MR) is 77.1 cm³/mol. The number of aryl methyl sites for hydroxylation is 2. The summed E-state index contributed by atoms with van der Waals surface area (Å²) in [5, 5.41) is 3.25. The first-order chi connectivity index (χ1) is 8.58. The standard InChI is InChI=1S/C13H14N4S/c1-8-5-6-15-9(2)12(8)17-11-4-3-10(7-16-11)13(14)18/h3-7H,1-2H3,(H2,14,18)(H,16,17). The second-order valence-corrected chi connectivity index (χ2v) is 4.45. The fraction of sp³-hybridized carbons (Fsp3) is 0.154. The summed E-state index contributed by atoms with van der Waals surface area (Å²) >= 11 is 4.88. The van der Waals surface area contributed by atoms with Crippen LogP contribution in [0.25, 0.3) is 0 Å². The summed E-state index contributed by atoms with van der Waals surface area (Å²) in [6, 6.07) is 5.65. The van der Waals surface area contributed by atoms with Crippen LogP contribution in [0.5, 0.6) is 0 Å². The Balaban J connectivity index is 2.26. The molecule has 18 heavy (non-hydrogen) atoms. The Morgan fingerprint density at radius 2 is 2.00 bits per heavy atom. The summed E-state index contributed by atoms with van der Waals surface area (Å²) in [4.78, 5) is 8.87. The van der Waals surface area contributed by atoms with E-state index in [0.29, 0.717) is 4.99 Å². The van der Waals surface area contributed by atoms with Crippen molar-refractivity contribution in [2.24, 2.45) is 5.73 Å². The minimum Gasteiger partial charge on any atom is -0.389 e. The average molecular weight is 258 g/mol. The number of pyridine rings is 2. The summed E-state index contributed by atoms with van der Waals surface area (Å²) in [6.07, 6.45) is 3.45. The Morgan fingerprint density at radius 1 is 1.22 bits per heavy atom. The molecule has 92 valence electrons. The Labute approximate surface area is 111 Å². The third-order valence-corrected chi connectivity index (χ3v) is 2.89. The van der Waals surface area contributed by atoms with E-state index in [1.807, 2.05) is 32.0 Å². The van der Waals surface area contributed by atoms with Crippen LogP contribution in [0.2, 0.25) is 0 Å². The fourth-order valence-corrected chi connectivity index (χ4v) is 1.75. The second kappa shape index (κ2) is 5.10. The molecule has 0 radical (unpaired) electrons. The van der Waals surface area contributed by atoms with Crippen LogP contribution in [0.1, 0.15) is 16.8 Å². The number of hydrogen-bond acceptors (Lipinski definition) is 4. The first-order valence-corrected chi connectivity index (χ1v) is 5.94. The van der Waals surface area contributed by atoms with Crippen molar-refractivity contribution in [3.05, 3.63) is 47.4 Å². The molecular formula is C13H14N4S. The summed E-state index contributed by atoms with van der Waals surface area (Å²) < 4.78 is 0. The number of aromatic nitrogens is 2. The van der Waals surface area contributed by atoms with Gasteiger partial charge in [0.25, 0.3) is 0 Å². The number of rotatable bonds is 3. The molecule has 0 amide bonds. The number of nitrogens with two attached hydrogens (primary N) is 1. The number of thiocarbonyl (C=S) groups is 1. The van der Waals surface area contributed by atoms with E-state index in [1.165, 1.54) is 0 Å². The maximum atomic E-state index is 5.53. The number of nitrogens with one attached hydrogen (secondary N) is 1. The Kier molecular flexibility index (Phi) is 3.53. The highest BCUT2D eigenvalue weighted by Crippen LogP contribution is 2.21. The predicted octanol–water partition coefficient (Wildman–Crippen LogP) is 2.47. The third-order valence-electron chi connectivity index (χ3n) is 2.65. The van der Waals surface area contributed by atoms with Gasteiger partial charge in [-0.15, -0.1) is 0 Å². The van der Waals surface area contributed by atoms with Crippen LogP contribution in [0.4, 0.5) is 11.5 Å². The van der Waals surface area contributed by atoms with Crippen molar-refractivity contribution in [2.45, 2.75) is 13.8 Å². The van der Waals surface area contributed by atoms with E-state index >= 15 is 0 Å². The van der Waals surface area contributed by atoms with Gasteiger partial charge in [0.15, 0.2) is 0 Å². The SMILES string of the molecule is Cc1ccnc(C)c1Nc1ccc(C(N)=S)cn1. The number of nitrogens with zero attached hydrogens (tertiary/aromatic N) is 2. The second-order valence-electron chi connectivity index (χ2n) is 4.01. The molecule has 0 saturated carbocycles. The van der Waals surface area contributed by atoms with E-state index in [0.717, 1.165) is 28.3 Å². The average Bonchev–Trinajstić information content (AvgIpc) is 2.34. The summed E-state index contributed by atoms with van der Waals surface area (Å²) in [7, 11) is 0. The highest BCUT2D eigenvalue weighted by atomic mass is 32.1. The van der Waals surface area contributed by atoms with Gasteiger partial charge in [0.05, 0.1) is 11.4 Å². The van der Waals surface area contributed by atoms with Gasteiger partial charge in [-0.2, -0.15) is 0 Å². The quantitative estimate of drug-likeness (QED) is 0.828. The minimum atomic E-state index is 0.350. The normalized spacial score (nSPS) is 10.1. The molecule has 2 rings (SSSR count). The highest BCUT2D eigenvalue weighted by Gasteiger charge is 2.04. The molecule has 0 unspecified atom stereocenters. The van der Waals surface area contributed by atoms with Crippen molar-refractivity contribution in [3.63, 3.8) is 0 Å². The van der Waals surface area contributed by atoms with Crippen molar-refractivity contribution in [1.82, 2.24) is 9.97 Å². The van der Waals surface area contributed by atoms with Crippen LogP contribution in [0.3, 0.4) is 0 Å². The van der Waals surface area contributed by atoms with E-state index in [1.54, 1.807) is 12.4 Å². The zero-order valence-electron chi connectivity index (χ0n) is 10.3. The van der Waals surface area contributed by atoms with Crippen LogP contribution in [-0.2, 0) is 0 Å². The van der Waals surface area contributed by atoms with Crippen LogP contribution in [0.15, 0.2) is 30.6 Å². The first kappa shape index (κ1) is 12.4. The van der Waals surface area contributed by atoms with Crippen molar-refractivity contribution < 1.29 is 0 Å². The van der Waals surface area contributed by atoms with E-state index < -0.39 is 0 Å². The molecule has 0 spiro atoms. The lowest BCUT2D eigenvalue weighted by atomic mass is 10.2. The van der Waals surface area contributed by atoms with Gasteiger partial charge in [-0.05, 0) is 37.6 Å². The summed E-state index contributed by atoms with van der Waals surface area (Å²) in [6.45, 7) is 3.99. The van der Waals surface area contributed by atoms with Gasteiger partial charge in [-0.25, -0.2) is 4.98 Å². The molecule has 0 aliphatic carbocycles. The van der Waals surface area contributed by atoms with E-state index in [9.17, 15) is 0 Å². The molecular weight excluding hydrogens is 244 g/mol. The molecule has 0 saturated heterocycles. The van der Waals surface area contributed by atoms with E-state index in [-0.39, 0.29) is 0 Å². The molecule has 2 aromatic heterocycles. The molecule has 0 aliphatic rings. The lowest BCUT2D eigenvalue weighted by Gasteiger charge is -2.11. The Morgan fingerprint density at radius 3 is 2.56 bits per heavy atom. The van der Waals surface area contributed by atoms with Gasteiger partial charge in [-0.3, -0.25) is 4.98 Å². The molecule has 0 aromatic carbocycles. The Hall–Kier alpha value is -2.01. The van der Waals surface area contributed by atoms with E-state index in [2.05, 4.69) is 15.3 Å². The van der Waals surface area contributed by atoms with Crippen LogP contribution in [-0.4, -0.2) is 15.0 Å². The summed E-state index contributed by atoms with van der Waals surface area (Å²) in [5.41, 5.74) is 9.33. The molecule has 2 heterocycles. The van der Waals surface area contributed by atoms with E-state index in [4.69, 9.17) is 18.0 Å². The van der Waals surface area contributed by atoms with Gasteiger partial charge in [0.2, 0.25) is 0 Å². The number of anilines is 2. The van der Waals surface area contributed by atoms with Gasteiger partial charge in [-0.1, -0.05) is 12.2 Å². The largest absolute Gasteiger partial charge is 0.389 e. The third kappa shape index (κ3) is 2.62. The van der Waals surface area contributed by atoms with Gasteiger partial charge >= 0.3 is 0 Å². The molecule has 0 aliphatic heterocycles. The maximum absolute atomic E-state index is 5.53. The van der Waals surface area contributed by atoms with Crippen molar-refractivity contribution in [3.8, 4) is 0 Å². The van der Waals surface area contributed by atoms with Crippen molar-refractivity contribution >= 4 is 28.7 Å². The Bertz CT molecular complexity index is 558. The molecule has 2 aromatic rings. The van der Waals surface area contributed by atoms with Gasteiger partial charge < -0.3 is 11.1 Å². The zero-order chi connectivity index (χ0) is 13.1. The molecule has 4 nitrogen and oxygen atoms in total. The molecule has 3 N–H and O–H groups in total. The monoisotopic (exact) mass is 258 g/mol. The fourth-order valence-electron chi connectivity index (χ4n) is 1.62. The van der Waals surface area contributed by atoms with Crippen molar-refractivity contribution in [1.29, 1.82) is 0 Å². The molecule has 5 heteroatoms. The summed E-state index contributed by atoms with van der Waals surface area (Å²) in [5.74, 6) is 0.745. The first-order valence-electron chi connectivity index (χ1n) is 5.53.